The van der Waals surface area contributed by atoms with Crippen LogP contribution >= 0.6 is 12.2 Å². The van der Waals surface area contributed by atoms with E-state index in [2.05, 4.69) is 61.5 Å². The highest BCUT2D eigenvalue weighted by Crippen LogP contribution is 2.18. The SMILES string of the molecule is CC(C)c1ccc(Cn2c(C(C)C)c[nH]c2=S)cc1. The van der Waals surface area contributed by atoms with Crippen molar-refractivity contribution < 1.29 is 0 Å². The third-order valence-electron chi connectivity index (χ3n) is 3.48. The number of benzene rings is 1. The average Bonchev–Trinajstić information content (AvgIpc) is 2.72. The lowest BCUT2D eigenvalue weighted by Crippen LogP contribution is -2.06. The minimum absolute atomic E-state index is 0.475. The molecule has 0 bridgehead atoms. The molecule has 1 aromatic heterocycles. The Labute approximate surface area is 120 Å². The molecule has 3 heteroatoms. The average molecular weight is 274 g/mol. The normalized spacial score (nSPS) is 11.5. The summed E-state index contributed by atoms with van der Waals surface area (Å²) in [6, 6.07) is 8.83. The van der Waals surface area contributed by atoms with Gasteiger partial charge in [-0.2, -0.15) is 0 Å². The van der Waals surface area contributed by atoms with Gasteiger partial charge in [-0.15, -0.1) is 0 Å². The van der Waals surface area contributed by atoms with Gasteiger partial charge < -0.3 is 9.55 Å². The van der Waals surface area contributed by atoms with Crippen LogP contribution in [0.15, 0.2) is 30.5 Å². The van der Waals surface area contributed by atoms with Crippen LogP contribution in [0.2, 0.25) is 0 Å². The van der Waals surface area contributed by atoms with E-state index in [0.717, 1.165) is 11.3 Å². The fourth-order valence-corrected chi connectivity index (χ4v) is 2.47. The topological polar surface area (TPSA) is 20.7 Å². The van der Waals surface area contributed by atoms with Crippen molar-refractivity contribution in [3.8, 4) is 0 Å². The number of hydrogen-bond donors (Lipinski definition) is 1. The van der Waals surface area contributed by atoms with Gasteiger partial charge in [-0.3, -0.25) is 0 Å². The summed E-state index contributed by atoms with van der Waals surface area (Å²) in [5, 5.41) is 0. The van der Waals surface area contributed by atoms with Gasteiger partial charge in [-0.1, -0.05) is 52.0 Å². The van der Waals surface area contributed by atoms with Crippen LogP contribution in [-0.4, -0.2) is 9.55 Å². The predicted octanol–water partition coefficient (Wildman–Crippen LogP) is 4.84. The summed E-state index contributed by atoms with van der Waals surface area (Å²) in [6.45, 7) is 9.66. The Morgan fingerprint density at radius 3 is 2.21 bits per heavy atom. The first kappa shape index (κ1) is 14.1. The van der Waals surface area contributed by atoms with Crippen LogP contribution in [-0.2, 0) is 6.54 Å². The second kappa shape index (κ2) is 5.74. The van der Waals surface area contributed by atoms with Crippen molar-refractivity contribution in [2.45, 2.75) is 46.1 Å². The number of aromatic amines is 1. The monoisotopic (exact) mass is 274 g/mol. The molecule has 1 N–H and O–H groups in total. The van der Waals surface area contributed by atoms with Crippen LogP contribution in [0, 0.1) is 4.77 Å². The Hall–Kier alpha value is -1.35. The molecule has 2 aromatic rings. The molecule has 1 aromatic carbocycles. The quantitative estimate of drug-likeness (QED) is 0.791. The zero-order chi connectivity index (χ0) is 14.0. The molecule has 102 valence electrons. The largest absolute Gasteiger partial charge is 0.337 e. The highest BCUT2D eigenvalue weighted by atomic mass is 32.1. The van der Waals surface area contributed by atoms with Crippen molar-refractivity contribution in [2.75, 3.05) is 0 Å². The van der Waals surface area contributed by atoms with Crippen LogP contribution in [0.5, 0.6) is 0 Å². The van der Waals surface area contributed by atoms with Crippen molar-refractivity contribution in [2.24, 2.45) is 0 Å². The van der Waals surface area contributed by atoms with E-state index in [9.17, 15) is 0 Å². The number of H-pyrrole nitrogens is 1. The highest BCUT2D eigenvalue weighted by molar-refractivity contribution is 7.71. The molecule has 0 fully saturated rings. The summed E-state index contributed by atoms with van der Waals surface area (Å²) in [7, 11) is 0. The molecule has 2 nitrogen and oxygen atoms in total. The number of nitrogens with zero attached hydrogens (tertiary/aromatic N) is 1. The van der Waals surface area contributed by atoms with E-state index in [1.165, 1.54) is 16.8 Å². The number of nitrogens with one attached hydrogen (secondary N) is 1. The second-order valence-electron chi connectivity index (χ2n) is 5.66. The molecule has 0 saturated heterocycles. The van der Waals surface area contributed by atoms with Crippen molar-refractivity contribution in [1.82, 2.24) is 9.55 Å². The van der Waals surface area contributed by atoms with Crippen LogP contribution < -0.4 is 0 Å². The van der Waals surface area contributed by atoms with Crippen molar-refractivity contribution in [3.63, 3.8) is 0 Å². The lowest BCUT2D eigenvalue weighted by Gasteiger charge is -2.12. The minimum atomic E-state index is 0.475. The van der Waals surface area contributed by atoms with E-state index < -0.39 is 0 Å². The Morgan fingerprint density at radius 1 is 1.05 bits per heavy atom. The summed E-state index contributed by atoms with van der Waals surface area (Å²) >= 11 is 5.37. The molecule has 0 aliphatic carbocycles. The van der Waals surface area contributed by atoms with Crippen LogP contribution in [0.4, 0.5) is 0 Å². The maximum Gasteiger partial charge on any atom is 0.177 e. The molecule has 0 spiro atoms. The molecular weight excluding hydrogens is 252 g/mol. The molecule has 19 heavy (non-hydrogen) atoms. The van der Waals surface area contributed by atoms with Gasteiger partial charge in [0.05, 0.1) is 6.54 Å². The Morgan fingerprint density at radius 2 is 1.68 bits per heavy atom. The summed E-state index contributed by atoms with van der Waals surface area (Å²) in [5.41, 5.74) is 3.94. The zero-order valence-electron chi connectivity index (χ0n) is 12.1. The van der Waals surface area contributed by atoms with E-state index >= 15 is 0 Å². The van der Waals surface area contributed by atoms with Crippen molar-refractivity contribution in [3.05, 3.63) is 52.1 Å². The third-order valence-corrected chi connectivity index (χ3v) is 3.82. The fourth-order valence-electron chi connectivity index (χ4n) is 2.24. The standard InChI is InChI=1S/C16H22N2S/c1-11(2)14-7-5-13(6-8-14)10-18-15(12(3)4)9-17-16(18)19/h5-9,11-12H,10H2,1-4H3,(H,17,19). The number of imidazole rings is 1. The predicted molar refractivity (Wildman–Crippen MR) is 83.3 cm³/mol. The van der Waals surface area contributed by atoms with E-state index in [-0.39, 0.29) is 0 Å². The number of hydrogen-bond acceptors (Lipinski definition) is 1. The molecule has 0 amide bonds. The molecule has 0 saturated carbocycles. The van der Waals surface area contributed by atoms with E-state index in [0.29, 0.717) is 11.8 Å². The van der Waals surface area contributed by atoms with Crippen LogP contribution in [0.3, 0.4) is 0 Å². The van der Waals surface area contributed by atoms with Gasteiger partial charge in [0.2, 0.25) is 0 Å². The van der Waals surface area contributed by atoms with Crippen molar-refractivity contribution >= 4 is 12.2 Å². The van der Waals surface area contributed by atoms with Gasteiger partial charge in [0.25, 0.3) is 0 Å². The molecule has 0 aliphatic rings. The van der Waals surface area contributed by atoms with Crippen LogP contribution in [0.1, 0.15) is 56.4 Å². The van der Waals surface area contributed by atoms with E-state index in [1.54, 1.807) is 0 Å². The van der Waals surface area contributed by atoms with Gasteiger partial charge in [0.15, 0.2) is 4.77 Å². The smallest absolute Gasteiger partial charge is 0.177 e. The Bertz CT molecular complexity index is 588. The summed E-state index contributed by atoms with van der Waals surface area (Å²) < 4.78 is 2.99. The number of aromatic nitrogens is 2. The molecule has 0 radical (unpaired) electrons. The number of rotatable bonds is 4. The fraction of sp³-hybridized carbons (Fsp3) is 0.438. The Balaban J connectivity index is 2.26. The molecule has 0 aliphatic heterocycles. The summed E-state index contributed by atoms with van der Waals surface area (Å²) in [5.74, 6) is 1.05. The third kappa shape index (κ3) is 3.16. The first-order valence-electron chi connectivity index (χ1n) is 6.86. The molecule has 0 atom stereocenters. The first-order chi connectivity index (χ1) is 8.99. The first-order valence-corrected chi connectivity index (χ1v) is 7.26. The molecular formula is C16H22N2S. The van der Waals surface area contributed by atoms with Gasteiger partial charge in [0, 0.05) is 11.9 Å². The van der Waals surface area contributed by atoms with Gasteiger partial charge in [0.1, 0.15) is 0 Å². The highest BCUT2D eigenvalue weighted by Gasteiger charge is 2.08. The maximum atomic E-state index is 5.37. The second-order valence-corrected chi connectivity index (χ2v) is 6.04. The lowest BCUT2D eigenvalue weighted by atomic mass is 10.0. The van der Waals surface area contributed by atoms with Crippen molar-refractivity contribution in [1.29, 1.82) is 0 Å². The van der Waals surface area contributed by atoms with Gasteiger partial charge in [-0.05, 0) is 35.2 Å². The molecule has 2 rings (SSSR count). The zero-order valence-corrected chi connectivity index (χ0v) is 12.9. The summed E-state index contributed by atoms with van der Waals surface area (Å²) in [6.07, 6.45) is 2.02. The summed E-state index contributed by atoms with van der Waals surface area (Å²) in [4.78, 5) is 3.15. The van der Waals surface area contributed by atoms with E-state index in [4.69, 9.17) is 12.2 Å². The van der Waals surface area contributed by atoms with E-state index in [1.807, 2.05) is 6.20 Å². The van der Waals surface area contributed by atoms with Gasteiger partial charge >= 0.3 is 0 Å². The molecule has 1 heterocycles. The van der Waals surface area contributed by atoms with Crippen LogP contribution in [0.25, 0.3) is 0 Å². The van der Waals surface area contributed by atoms with Gasteiger partial charge in [-0.25, -0.2) is 0 Å². The minimum Gasteiger partial charge on any atom is -0.337 e. The maximum absolute atomic E-state index is 5.37. The molecule has 0 unspecified atom stereocenters. The Kier molecular flexibility index (Phi) is 4.25. The lowest BCUT2D eigenvalue weighted by molar-refractivity contribution is 0.684.